The second-order valence-electron chi connectivity index (χ2n) is 6.98. The maximum atomic E-state index is 12.2. The smallest absolute Gasteiger partial charge is 0.262 e. The summed E-state index contributed by atoms with van der Waals surface area (Å²) in [7, 11) is -3.55. The van der Waals surface area contributed by atoms with Crippen molar-refractivity contribution in [2.75, 3.05) is 11.9 Å². The molecule has 1 atom stereocenters. The van der Waals surface area contributed by atoms with Gasteiger partial charge in [-0.1, -0.05) is 32.0 Å². The second kappa shape index (κ2) is 9.71. The Morgan fingerprint density at radius 2 is 1.68 bits per heavy atom. The third kappa shape index (κ3) is 6.07. The zero-order valence-electron chi connectivity index (χ0n) is 16.7. The van der Waals surface area contributed by atoms with Crippen LogP contribution in [0.1, 0.15) is 45.6 Å². The Balaban J connectivity index is 1.97. The van der Waals surface area contributed by atoms with Gasteiger partial charge in [0, 0.05) is 11.7 Å². The van der Waals surface area contributed by atoms with E-state index in [1.165, 1.54) is 12.1 Å². The summed E-state index contributed by atoms with van der Waals surface area (Å²) in [5, 5.41) is 2.72. The van der Waals surface area contributed by atoms with E-state index in [-0.39, 0.29) is 23.5 Å². The van der Waals surface area contributed by atoms with Gasteiger partial charge in [0.2, 0.25) is 10.0 Å². The molecule has 0 saturated heterocycles. The van der Waals surface area contributed by atoms with Gasteiger partial charge in [0.1, 0.15) is 5.75 Å². The molecule has 0 aliphatic carbocycles. The van der Waals surface area contributed by atoms with Gasteiger partial charge in [-0.15, -0.1) is 0 Å². The first-order chi connectivity index (χ1) is 13.2. The van der Waals surface area contributed by atoms with Gasteiger partial charge in [-0.3, -0.25) is 4.79 Å². The predicted molar refractivity (Wildman–Crippen MR) is 111 cm³/mol. The van der Waals surface area contributed by atoms with Crippen molar-refractivity contribution >= 4 is 21.6 Å². The van der Waals surface area contributed by atoms with Crippen LogP contribution in [0.3, 0.4) is 0 Å². The Morgan fingerprint density at radius 1 is 1.04 bits per heavy atom. The van der Waals surface area contributed by atoms with Crippen LogP contribution in [0.5, 0.6) is 5.75 Å². The summed E-state index contributed by atoms with van der Waals surface area (Å²) in [4.78, 5) is 12.3. The number of amides is 1. The molecule has 0 unspecified atom stereocenters. The average molecular weight is 405 g/mol. The number of carbonyl (C=O) groups is 1. The van der Waals surface area contributed by atoms with E-state index in [9.17, 15) is 13.2 Å². The molecule has 0 aromatic heterocycles. The van der Waals surface area contributed by atoms with Crippen molar-refractivity contribution in [2.24, 2.45) is 0 Å². The lowest BCUT2D eigenvalue weighted by Crippen LogP contribution is -2.30. The van der Waals surface area contributed by atoms with Gasteiger partial charge in [-0.2, -0.15) is 0 Å². The lowest BCUT2D eigenvalue weighted by molar-refractivity contribution is -0.118. The van der Waals surface area contributed by atoms with Crippen molar-refractivity contribution in [2.45, 2.75) is 51.0 Å². The largest absolute Gasteiger partial charge is 0.483 e. The third-order valence-electron chi connectivity index (χ3n) is 4.26. The van der Waals surface area contributed by atoms with E-state index in [0.717, 1.165) is 12.0 Å². The van der Waals surface area contributed by atoms with Crippen LogP contribution < -0.4 is 14.8 Å². The maximum Gasteiger partial charge on any atom is 0.262 e. The van der Waals surface area contributed by atoms with Crippen LogP contribution in [0.2, 0.25) is 0 Å². The van der Waals surface area contributed by atoms with Gasteiger partial charge in [0.15, 0.2) is 6.61 Å². The molecule has 0 aliphatic rings. The van der Waals surface area contributed by atoms with Crippen LogP contribution in [0.4, 0.5) is 5.69 Å². The summed E-state index contributed by atoms with van der Waals surface area (Å²) in [5.41, 5.74) is 1.58. The van der Waals surface area contributed by atoms with Gasteiger partial charge in [-0.25, -0.2) is 13.1 Å². The van der Waals surface area contributed by atoms with Gasteiger partial charge in [-0.05, 0) is 62.1 Å². The van der Waals surface area contributed by atoms with Crippen molar-refractivity contribution in [1.29, 1.82) is 0 Å². The van der Waals surface area contributed by atoms with Crippen LogP contribution in [0, 0.1) is 0 Å². The molecular formula is C21H28N2O4S. The molecule has 0 saturated carbocycles. The van der Waals surface area contributed by atoms with Crippen LogP contribution in [-0.2, 0) is 14.8 Å². The fourth-order valence-corrected chi connectivity index (χ4v) is 3.93. The summed E-state index contributed by atoms with van der Waals surface area (Å²) in [5.74, 6) is 0.733. The minimum atomic E-state index is -3.55. The summed E-state index contributed by atoms with van der Waals surface area (Å²) < 4.78 is 32.5. The lowest BCUT2D eigenvalue weighted by Gasteiger charge is -2.15. The Bertz CT molecular complexity index is 893. The number of carbonyl (C=O) groups excluding carboxylic acids is 1. The number of benzene rings is 2. The van der Waals surface area contributed by atoms with Crippen molar-refractivity contribution in [3.8, 4) is 5.75 Å². The van der Waals surface area contributed by atoms with E-state index < -0.39 is 10.0 Å². The predicted octanol–water partition coefficient (Wildman–Crippen LogP) is 3.90. The molecule has 2 rings (SSSR count). The molecule has 152 valence electrons. The molecule has 0 fully saturated rings. The number of hydrogen-bond acceptors (Lipinski definition) is 4. The molecule has 0 bridgehead atoms. The van der Waals surface area contributed by atoms with Crippen LogP contribution in [-0.4, -0.2) is 27.0 Å². The zero-order valence-corrected chi connectivity index (χ0v) is 17.5. The maximum absolute atomic E-state index is 12.2. The Morgan fingerprint density at radius 3 is 2.29 bits per heavy atom. The van der Waals surface area contributed by atoms with E-state index in [1.807, 2.05) is 24.3 Å². The molecular weight excluding hydrogens is 376 g/mol. The minimum absolute atomic E-state index is 0.123. The number of sulfonamides is 1. The van der Waals surface area contributed by atoms with Crippen molar-refractivity contribution < 1.29 is 17.9 Å². The number of rotatable bonds is 9. The highest BCUT2D eigenvalue weighted by Gasteiger charge is 2.15. The van der Waals surface area contributed by atoms with Crippen molar-refractivity contribution in [1.82, 2.24) is 4.72 Å². The molecule has 6 nitrogen and oxygen atoms in total. The fraction of sp³-hybridized carbons (Fsp3) is 0.381. The normalized spacial score (nSPS) is 12.6. The van der Waals surface area contributed by atoms with E-state index in [4.69, 9.17) is 4.74 Å². The fourth-order valence-electron chi connectivity index (χ4n) is 2.68. The topological polar surface area (TPSA) is 84.5 Å². The zero-order chi connectivity index (χ0) is 20.7. The first-order valence-corrected chi connectivity index (χ1v) is 10.8. The SMILES string of the molecule is CC[C@@H](C)c1ccccc1OCC(=O)Nc1ccc(S(=O)(=O)NC(C)C)cc1. The Labute approximate surface area is 167 Å². The van der Waals surface area contributed by atoms with Crippen LogP contribution in [0.15, 0.2) is 53.4 Å². The lowest BCUT2D eigenvalue weighted by atomic mass is 9.98. The van der Waals surface area contributed by atoms with Crippen LogP contribution in [0.25, 0.3) is 0 Å². The van der Waals surface area contributed by atoms with E-state index in [1.54, 1.807) is 26.0 Å². The second-order valence-corrected chi connectivity index (χ2v) is 8.70. The summed E-state index contributed by atoms with van der Waals surface area (Å²) in [6.07, 6.45) is 0.980. The van der Waals surface area contributed by atoms with E-state index in [0.29, 0.717) is 17.4 Å². The van der Waals surface area contributed by atoms with E-state index >= 15 is 0 Å². The third-order valence-corrected chi connectivity index (χ3v) is 5.93. The first kappa shape index (κ1) is 21.9. The van der Waals surface area contributed by atoms with Crippen molar-refractivity contribution in [3.63, 3.8) is 0 Å². The van der Waals surface area contributed by atoms with Gasteiger partial charge < -0.3 is 10.1 Å². The summed E-state index contributed by atoms with van der Waals surface area (Å²) in [6.45, 7) is 7.61. The number of nitrogens with one attached hydrogen (secondary N) is 2. The number of ether oxygens (including phenoxy) is 1. The molecule has 2 aromatic rings. The molecule has 28 heavy (non-hydrogen) atoms. The molecule has 7 heteroatoms. The highest BCUT2D eigenvalue weighted by Crippen LogP contribution is 2.28. The molecule has 2 aromatic carbocycles. The van der Waals surface area contributed by atoms with Crippen molar-refractivity contribution in [3.05, 3.63) is 54.1 Å². The van der Waals surface area contributed by atoms with E-state index in [2.05, 4.69) is 23.9 Å². The highest BCUT2D eigenvalue weighted by molar-refractivity contribution is 7.89. The van der Waals surface area contributed by atoms with Gasteiger partial charge >= 0.3 is 0 Å². The minimum Gasteiger partial charge on any atom is -0.483 e. The first-order valence-electron chi connectivity index (χ1n) is 9.37. The number of hydrogen-bond donors (Lipinski definition) is 2. The number of anilines is 1. The monoisotopic (exact) mass is 404 g/mol. The average Bonchev–Trinajstić information content (AvgIpc) is 2.65. The highest BCUT2D eigenvalue weighted by atomic mass is 32.2. The summed E-state index contributed by atoms with van der Waals surface area (Å²) in [6, 6.07) is 13.5. The standard InChI is InChI=1S/C21H28N2O4S/c1-5-16(4)19-8-6-7-9-20(19)27-14-21(24)22-17-10-12-18(13-11-17)28(25,26)23-15(2)3/h6-13,15-16,23H,5,14H2,1-4H3,(H,22,24)/t16-/m1/s1. The quantitative estimate of drug-likeness (QED) is 0.664. The molecule has 1 amide bonds. The molecule has 2 N–H and O–H groups in total. The number of para-hydroxylation sites is 1. The van der Waals surface area contributed by atoms with Crippen LogP contribution >= 0.6 is 0 Å². The Hall–Kier alpha value is -2.38. The molecule has 0 radical (unpaired) electrons. The molecule has 0 spiro atoms. The molecule has 0 aliphatic heterocycles. The van der Waals surface area contributed by atoms with Gasteiger partial charge in [0.25, 0.3) is 5.91 Å². The Kier molecular flexibility index (Phi) is 7.60. The molecule has 0 heterocycles. The van der Waals surface area contributed by atoms with Gasteiger partial charge in [0.05, 0.1) is 4.90 Å². The summed E-state index contributed by atoms with van der Waals surface area (Å²) >= 11 is 0.